The third kappa shape index (κ3) is 4.02. The van der Waals surface area contributed by atoms with Crippen molar-refractivity contribution in [2.45, 2.75) is 44.2 Å². The van der Waals surface area contributed by atoms with Gasteiger partial charge in [0, 0.05) is 6.92 Å². The van der Waals surface area contributed by atoms with Crippen molar-refractivity contribution in [2.24, 2.45) is 0 Å². The first-order valence-electron chi connectivity index (χ1n) is 7.08. The predicted molar refractivity (Wildman–Crippen MR) is 76.6 cm³/mol. The topological polar surface area (TPSA) is 108 Å². The van der Waals surface area contributed by atoms with Crippen molar-refractivity contribution in [3.8, 4) is 0 Å². The molecule has 5 atom stereocenters. The molecular formula is C15H21NO6. The fourth-order valence-electron chi connectivity index (χ4n) is 2.37. The highest BCUT2D eigenvalue weighted by atomic mass is 16.7. The lowest BCUT2D eigenvalue weighted by Crippen LogP contribution is -2.64. The Morgan fingerprint density at radius 1 is 1.27 bits per heavy atom. The van der Waals surface area contributed by atoms with Gasteiger partial charge >= 0.3 is 0 Å². The van der Waals surface area contributed by atoms with Crippen molar-refractivity contribution in [3.05, 3.63) is 35.9 Å². The van der Waals surface area contributed by atoms with Crippen LogP contribution < -0.4 is 5.32 Å². The molecule has 4 N–H and O–H groups in total. The largest absolute Gasteiger partial charge is 0.394 e. The summed E-state index contributed by atoms with van der Waals surface area (Å²) in [6.07, 6.45) is -4.55. The highest BCUT2D eigenvalue weighted by molar-refractivity contribution is 5.73. The molecule has 1 aliphatic rings. The summed E-state index contributed by atoms with van der Waals surface area (Å²) in [5.41, 5.74) is 0.897. The van der Waals surface area contributed by atoms with Gasteiger partial charge in [0.25, 0.3) is 0 Å². The Kier molecular flexibility index (Phi) is 5.87. The Morgan fingerprint density at radius 2 is 1.95 bits per heavy atom. The molecule has 0 spiro atoms. The average Bonchev–Trinajstić information content (AvgIpc) is 2.52. The van der Waals surface area contributed by atoms with Crippen LogP contribution in [0.25, 0.3) is 0 Å². The van der Waals surface area contributed by atoms with Crippen LogP contribution >= 0.6 is 0 Å². The maximum atomic E-state index is 11.3. The van der Waals surface area contributed by atoms with Crippen LogP contribution in [0.1, 0.15) is 12.5 Å². The zero-order chi connectivity index (χ0) is 16.1. The van der Waals surface area contributed by atoms with Gasteiger partial charge in [-0.05, 0) is 5.56 Å². The van der Waals surface area contributed by atoms with Crippen molar-refractivity contribution in [2.75, 3.05) is 6.61 Å². The zero-order valence-corrected chi connectivity index (χ0v) is 12.3. The Morgan fingerprint density at radius 3 is 2.55 bits per heavy atom. The molecule has 0 aromatic heterocycles. The van der Waals surface area contributed by atoms with Crippen LogP contribution in [0.4, 0.5) is 0 Å². The molecule has 0 saturated carbocycles. The second kappa shape index (κ2) is 7.66. The standard InChI is InChI=1S/C15H21NO6/c1-9(18)16-12-14(20)13(19)11(7-17)22-15(12)21-8-10-5-3-2-4-6-10/h2-6,11-15,17,19-20H,7-8H2,1H3,(H,16,18)/t11-,12+,13+,14+,15-/m1/s1. The molecule has 2 rings (SSSR count). The number of carbonyl (C=O) groups excluding carboxylic acids is 1. The number of aliphatic hydroxyl groups excluding tert-OH is 3. The number of rotatable bonds is 5. The number of ether oxygens (including phenoxy) is 2. The Labute approximate surface area is 128 Å². The highest BCUT2D eigenvalue weighted by Gasteiger charge is 2.45. The smallest absolute Gasteiger partial charge is 0.217 e. The minimum absolute atomic E-state index is 0.211. The molecule has 1 aromatic rings. The van der Waals surface area contributed by atoms with Gasteiger partial charge in [-0.1, -0.05) is 30.3 Å². The van der Waals surface area contributed by atoms with Gasteiger partial charge < -0.3 is 30.1 Å². The van der Waals surface area contributed by atoms with E-state index in [2.05, 4.69) is 5.32 Å². The van der Waals surface area contributed by atoms with Crippen molar-refractivity contribution < 1.29 is 29.6 Å². The maximum absolute atomic E-state index is 11.3. The summed E-state index contributed by atoms with van der Waals surface area (Å²) in [6, 6.07) is 8.42. The minimum Gasteiger partial charge on any atom is -0.394 e. The van der Waals surface area contributed by atoms with Crippen molar-refractivity contribution in [1.82, 2.24) is 5.32 Å². The Hall–Kier alpha value is -1.51. The lowest BCUT2D eigenvalue weighted by molar-refractivity contribution is -0.273. The second-order valence-electron chi connectivity index (χ2n) is 5.23. The number of hydrogen-bond acceptors (Lipinski definition) is 6. The van der Waals surface area contributed by atoms with Gasteiger partial charge in [-0.15, -0.1) is 0 Å². The summed E-state index contributed by atoms with van der Waals surface area (Å²) in [7, 11) is 0. The van der Waals surface area contributed by atoms with E-state index in [9.17, 15) is 20.1 Å². The molecule has 7 nitrogen and oxygen atoms in total. The van der Waals surface area contributed by atoms with Crippen LogP contribution in [-0.4, -0.2) is 58.5 Å². The summed E-state index contributed by atoms with van der Waals surface area (Å²) in [6.45, 7) is 1.05. The molecule has 0 aliphatic carbocycles. The molecule has 1 saturated heterocycles. The van der Waals surface area contributed by atoms with Gasteiger partial charge in [-0.25, -0.2) is 0 Å². The van der Waals surface area contributed by atoms with Crippen LogP contribution in [-0.2, 0) is 20.9 Å². The number of carbonyl (C=O) groups is 1. The summed E-state index contributed by atoms with van der Waals surface area (Å²) in [5.74, 6) is -0.379. The van der Waals surface area contributed by atoms with E-state index in [-0.39, 0.29) is 12.5 Å². The fourth-order valence-corrected chi connectivity index (χ4v) is 2.37. The predicted octanol–water partition coefficient (Wildman–Crippen LogP) is -0.853. The molecule has 0 radical (unpaired) electrons. The number of nitrogens with one attached hydrogen (secondary N) is 1. The molecule has 0 unspecified atom stereocenters. The van der Waals surface area contributed by atoms with Crippen molar-refractivity contribution in [1.29, 1.82) is 0 Å². The van der Waals surface area contributed by atoms with Crippen LogP contribution in [0.15, 0.2) is 30.3 Å². The van der Waals surface area contributed by atoms with Crippen molar-refractivity contribution in [3.63, 3.8) is 0 Å². The highest BCUT2D eigenvalue weighted by Crippen LogP contribution is 2.23. The zero-order valence-electron chi connectivity index (χ0n) is 12.3. The van der Waals surface area contributed by atoms with E-state index in [1.807, 2.05) is 30.3 Å². The first kappa shape index (κ1) is 16.9. The number of hydrogen-bond donors (Lipinski definition) is 4. The lowest BCUT2D eigenvalue weighted by atomic mass is 9.97. The third-order valence-electron chi connectivity index (χ3n) is 3.51. The molecule has 1 aromatic carbocycles. The summed E-state index contributed by atoms with van der Waals surface area (Å²) in [4.78, 5) is 11.3. The van der Waals surface area contributed by atoms with E-state index < -0.39 is 37.3 Å². The van der Waals surface area contributed by atoms with Gasteiger partial charge in [0.1, 0.15) is 24.4 Å². The Bertz CT molecular complexity index is 482. The Balaban J connectivity index is 2.07. The molecule has 1 aliphatic heterocycles. The van der Waals surface area contributed by atoms with Gasteiger partial charge in [-0.3, -0.25) is 4.79 Å². The molecule has 7 heteroatoms. The first-order valence-corrected chi connectivity index (χ1v) is 7.08. The SMILES string of the molecule is CC(=O)N[C@@H]1[C@H](OCc2ccccc2)O[C@H](CO)[C@H](O)[C@H]1O. The molecule has 0 bridgehead atoms. The number of aliphatic hydroxyl groups is 3. The fraction of sp³-hybridized carbons (Fsp3) is 0.533. The van der Waals surface area contributed by atoms with E-state index in [1.165, 1.54) is 6.92 Å². The van der Waals surface area contributed by atoms with Crippen LogP contribution in [0, 0.1) is 0 Å². The van der Waals surface area contributed by atoms with E-state index in [4.69, 9.17) is 9.47 Å². The van der Waals surface area contributed by atoms with E-state index in [0.717, 1.165) is 5.56 Å². The van der Waals surface area contributed by atoms with E-state index in [0.29, 0.717) is 0 Å². The molecule has 1 heterocycles. The van der Waals surface area contributed by atoms with E-state index in [1.54, 1.807) is 0 Å². The number of amides is 1. The maximum Gasteiger partial charge on any atom is 0.217 e. The second-order valence-corrected chi connectivity index (χ2v) is 5.23. The summed E-state index contributed by atoms with van der Waals surface area (Å²) in [5, 5.41) is 31.7. The summed E-state index contributed by atoms with van der Waals surface area (Å²) >= 11 is 0. The molecular weight excluding hydrogens is 290 g/mol. The third-order valence-corrected chi connectivity index (χ3v) is 3.51. The van der Waals surface area contributed by atoms with Gasteiger partial charge in [0.05, 0.1) is 13.2 Å². The monoisotopic (exact) mass is 311 g/mol. The molecule has 1 fully saturated rings. The quantitative estimate of drug-likeness (QED) is 0.564. The minimum atomic E-state index is -1.31. The molecule has 22 heavy (non-hydrogen) atoms. The van der Waals surface area contributed by atoms with Crippen molar-refractivity contribution >= 4 is 5.91 Å². The average molecular weight is 311 g/mol. The van der Waals surface area contributed by atoms with Gasteiger partial charge in [0.2, 0.25) is 5.91 Å². The lowest BCUT2D eigenvalue weighted by Gasteiger charge is -2.42. The summed E-state index contributed by atoms with van der Waals surface area (Å²) < 4.78 is 11.1. The normalized spacial score (nSPS) is 31.7. The van der Waals surface area contributed by atoms with Gasteiger partial charge in [-0.2, -0.15) is 0 Å². The van der Waals surface area contributed by atoms with E-state index >= 15 is 0 Å². The first-order chi connectivity index (χ1) is 10.5. The molecule has 1 amide bonds. The molecule has 122 valence electrons. The van der Waals surface area contributed by atoms with Crippen LogP contribution in [0.5, 0.6) is 0 Å². The van der Waals surface area contributed by atoms with Crippen LogP contribution in [0.3, 0.4) is 0 Å². The van der Waals surface area contributed by atoms with Gasteiger partial charge in [0.15, 0.2) is 6.29 Å². The number of benzene rings is 1. The van der Waals surface area contributed by atoms with Crippen LogP contribution in [0.2, 0.25) is 0 Å².